The van der Waals surface area contributed by atoms with Crippen LogP contribution in [0, 0.1) is 5.82 Å². The molecule has 3 amide bonds. The summed E-state index contributed by atoms with van der Waals surface area (Å²) in [5, 5.41) is 11.3. The van der Waals surface area contributed by atoms with Crippen LogP contribution in [0.3, 0.4) is 0 Å². The third-order valence-corrected chi connectivity index (χ3v) is 4.99. The van der Waals surface area contributed by atoms with Gasteiger partial charge in [-0.2, -0.15) is 5.11 Å². The number of carbonyl (C=O) groups excluding carboxylic acids is 3. The molecule has 2 aromatic carbocycles. The Hall–Kier alpha value is -3.53. The van der Waals surface area contributed by atoms with E-state index in [9.17, 15) is 18.8 Å². The first-order valence-electron chi connectivity index (χ1n) is 8.83. The first kappa shape index (κ1) is 19.8. The highest BCUT2D eigenvalue weighted by atomic mass is 35.5. The quantitative estimate of drug-likeness (QED) is 0.732. The van der Waals surface area contributed by atoms with Gasteiger partial charge in [0.25, 0.3) is 11.8 Å². The number of amides is 3. The van der Waals surface area contributed by atoms with Gasteiger partial charge in [-0.25, -0.2) is 9.29 Å². The van der Waals surface area contributed by atoms with Gasteiger partial charge in [0, 0.05) is 5.69 Å². The Bertz CT molecular complexity index is 1060. The van der Waals surface area contributed by atoms with Gasteiger partial charge in [-0.1, -0.05) is 16.8 Å². The van der Waals surface area contributed by atoms with Crippen LogP contribution in [0.25, 0.3) is 0 Å². The lowest BCUT2D eigenvalue weighted by molar-refractivity contribution is -0.123. The SMILES string of the molecule is COc1ccc(NC(=O)CN2N=N[C@H]3C(=O)N(c4ccc(F)c(Cl)c4)C(=O)[C@H]32)cc1. The average molecular weight is 432 g/mol. The molecule has 1 N–H and O–H groups in total. The van der Waals surface area contributed by atoms with Crippen LogP contribution in [0.5, 0.6) is 5.75 Å². The highest BCUT2D eigenvalue weighted by Crippen LogP contribution is 2.33. The van der Waals surface area contributed by atoms with Crippen LogP contribution in [0.1, 0.15) is 0 Å². The van der Waals surface area contributed by atoms with E-state index in [0.29, 0.717) is 11.4 Å². The fraction of sp³-hybridized carbons (Fsp3) is 0.211. The molecule has 9 nitrogen and oxygen atoms in total. The summed E-state index contributed by atoms with van der Waals surface area (Å²) >= 11 is 5.76. The molecule has 11 heteroatoms. The molecule has 2 heterocycles. The number of hydrogen-bond donors (Lipinski definition) is 1. The van der Waals surface area contributed by atoms with Crippen molar-refractivity contribution in [3.05, 3.63) is 53.3 Å². The van der Waals surface area contributed by atoms with Crippen molar-refractivity contribution < 1.29 is 23.5 Å². The van der Waals surface area contributed by atoms with E-state index in [1.165, 1.54) is 19.2 Å². The number of halogens is 2. The molecule has 0 saturated carbocycles. The summed E-state index contributed by atoms with van der Waals surface area (Å²) in [6.45, 7) is -0.284. The molecule has 0 spiro atoms. The van der Waals surface area contributed by atoms with Gasteiger partial charge in [0.15, 0.2) is 12.1 Å². The lowest BCUT2D eigenvalue weighted by atomic mass is 10.1. The number of nitrogens with zero attached hydrogens (tertiary/aromatic N) is 4. The highest BCUT2D eigenvalue weighted by Gasteiger charge is 2.55. The van der Waals surface area contributed by atoms with E-state index in [1.807, 2.05) is 0 Å². The maximum absolute atomic E-state index is 13.4. The van der Waals surface area contributed by atoms with Crippen molar-refractivity contribution in [1.82, 2.24) is 5.01 Å². The molecule has 0 aliphatic carbocycles. The van der Waals surface area contributed by atoms with Crippen molar-refractivity contribution in [2.45, 2.75) is 12.1 Å². The summed E-state index contributed by atoms with van der Waals surface area (Å²) < 4.78 is 18.5. The second kappa shape index (κ2) is 7.71. The maximum atomic E-state index is 13.4. The Labute approximate surface area is 175 Å². The largest absolute Gasteiger partial charge is 0.497 e. The monoisotopic (exact) mass is 431 g/mol. The molecule has 0 radical (unpaired) electrons. The number of hydrogen-bond acceptors (Lipinski definition) is 7. The molecule has 0 unspecified atom stereocenters. The van der Waals surface area contributed by atoms with E-state index in [-0.39, 0.29) is 17.3 Å². The molecule has 2 atom stereocenters. The molecule has 4 rings (SSSR count). The topological polar surface area (TPSA) is 104 Å². The zero-order chi connectivity index (χ0) is 21.4. The van der Waals surface area contributed by atoms with Crippen LogP contribution in [-0.2, 0) is 14.4 Å². The normalized spacial score (nSPS) is 20.0. The van der Waals surface area contributed by atoms with Gasteiger partial charge < -0.3 is 10.1 Å². The van der Waals surface area contributed by atoms with Crippen LogP contribution >= 0.6 is 11.6 Å². The smallest absolute Gasteiger partial charge is 0.263 e. The van der Waals surface area contributed by atoms with E-state index in [0.717, 1.165) is 16.0 Å². The summed E-state index contributed by atoms with van der Waals surface area (Å²) in [6, 6.07) is 8.09. The van der Waals surface area contributed by atoms with E-state index in [2.05, 4.69) is 15.7 Å². The number of methoxy groups -OCH3 is 1. The Morgan fingerprint density at radius 3 is 2.60 bits per heavy atom. The number of imide groups is 1. The van der Waals surface area contributed by atoms with E-state index in [1.54, 1.807) is 24.3 Å². The van der Waals surface area contributed by atoms with Crippen molar-refractivity contribution in [2.24, 2.45) is 10.3 Å². The van der Waals surface area contributed by atoms with E-state index in [4.69, 9.17) is 16.3 Å². The number of rotatable bonds is 5. The third kappa shape index (κ3) is 3.45. The Kier molecular flexibility index (Phi) is 5.08. The van der Waals surface area contributed by atoms with Crippen LogP contribution in [-0.4, -0.2) is 48.5 Å². The summed E-state index contributed by atoms with van der Waals surface area (Å²) in [4.78, 5) is 38.8. The van der Waals surface area contributed by atoms with Gasteiger partial charge >= 0.3 is 0 Å². The van der Waals surface area contributed by atoms with E-state index >= 15 is 0 Å². The second-order valence-electron chi connectivity index (χ2n) is 6.58. The minimum absolute atomic E-state index is 0.128. The van der Waals surface area contributed by atoms with Gasteiger partial charge in [0.05, 0.1) is 17.8 Å². The van der Waals surface area contributed by atoms with Crippen molar-refractivity contribution in [3.8, 4) is 5.75 Å². The van der Waals surface area contributed by atoms with Gasteiger partial charge in [0.2, 0.25) is 5.91 Å². The second-order valence-corrected chi connectivity index (χ2v) is 6.99. The molecule has 2 aliphatic heterocycles. The highest BCUT2D eigenvalue weighted by molar-refractivity contribution is 6.32. The number of carbonyl (C=O) groups is 3. The van der Waals surface area contributed by atoms with E-state index < -0.39 is 35.6 Å². The molecule has 2 aromatic rings. The number of nitrogens with one attached hydrogen (secondary N) is 1. The first-order chi connectivity index (χ1) is 14.4. The minimum Gasteiger partial charge on any atom is -0.497 e. The predicted molar refractivity (Wildman–Crippen MR) is 105 cm³/mol. The minimum atomic E-state index is -1.07. The van der Waals surface area contributed by atoms with Crippen LogP contribution in [0.2, 0.25) is 5.02 Å². The van der Waals surface area contributed by atoms with Crippen LogP contribution in [0.15, 0.2) is 52.8 Å². The van der Waals surface area contributed by atoms with Crippen molar-refractivity contribution in [2.75, 3.05) is 23.9 Å². The molecule has 0 aromatic heterocycles. The lowest BCUT2D eigenvalue weighted by Crippen LogP contribution is -2.43. The van der Waals surface area contributed by atoms with Crippen molar-refractivity contribution >= 4 is 40.7 Å². The third-order valence-electron chi connectivity index (χ3n) is 4.70. The van der Waals surface area contributed by atoms with Gasteiger partial charge in [-0.05, 0) is 42.5 Å². The molecular weight excluding hydrogens is 417 g/mol. The zero-order valence-corrected chi connectivity index (χ0v) is 16.3. The molecule has 2 aliphatic rings. The molecular formula is C19H15ClFN5O4. The summed E-state index contributed by atoms with van der Waals surface area (Å²) in [5.74, 6) is -1.70. The molecule has 30 heavy (non-hydrogen) atoms. The van der Waals surface area contributed by atoms with Crippen LogP contribution in [0.4, 0.5) is 15.8 Å². The standard InChI is InChI=1S/C19H15ClFN5O4/c1-30-12-5-2-10(3-6-12)22-15(27)9-25-17-16(23-24-25)18(28)26(19(17)29)11-4-7-14(21)13(20)8-11/h2-8,16-17H,9H2,1H3,(H,22,27)/t16-,17+/m1/s1. The van der Waals surface area contributed by atoms with Gasteiger partial charge in [0.1, 0.15) is 18.1 Å². The lowest BCUT2D eigenvalue weighted by Gasteiger charge is -2.20. The first-order valence-corrected chi connectivity index (χ1v) is 9.21. The molecule has 0 bridgehead atoms. The number of ether oxygens (including phenoxy) is 1. The molecule has 154 valence electrons. The fourth-order valence-electron chi connectivity index (χ4n) is 3.25. The average Bonchev–Trinajstić information content (AvgIpc) is 3.24. The summed E-state index contributed by atoms with van der Waals surface area (Å²) in [5.41, 5.74) is 0.661. The van der Waals surface area contributed by atoms with Crippen molar-refractivity contribution in [3.63, 3.8) is 0 Å². The number of benzene rings is 2. The Balaban J connectivity index is 1.47. The van der Waals surface area contributed by atoms with Crippen molar-refractivity contribution in [1.29, 1.82) is 0 Å². The van der Waals surface area contributed by atoms with Crippen LogP contribution < -0.4 is 15.0 Å². The summed E-state index contributed by atoms with van der Waals surface area (Å²) in [6.07, 6.45) is 0. The van der Waals surface area contributed by atoms with Gasteiger partial charge in [-0.3, -0.25) is 19.4 Å². The Morgan fingerprint density at radius 1 is 1.20 bits per heavy atom. The number of fused-ring (bicyclic) bond motifs is 1. The summed E-state index contributed by atoms with van der Waals surface area (Å²) in [7, 11) is 1.53. The Morgan fingerprint density at radius 2 is 1.93 bits per heavy atom. The van der Waals surface area contributed by atoms with Gasteiger partial charge in [-0.15, -0.1) is 0 Å². The molecule has 1 fully saturated rings. The predicted octanol–water partition coefficient (Wildman–Crippen LogP) is 2.42. The maximum Gasteiger partial charge on any atom is 0.263 e. The number of anilines is 2. The zero-order valence-electron chi connectivity index (χ0n) is 15.6. The fourth-order valence-corrected chi connectivity index (χ4v) is 3.43. The molecule has 1 saturated heterocycles.